The third kappa shape index (κ3) is 2.88. The molecule has 1 aliphatic carbocycles. The zero-order chi connectivity index (χ0) is 14.1. The maximum atomic E-state index is 12.0. The minimum atomic E-state index is 0.0536. The van der Waals surface area contributed by atoms with Crippen molar-refractivity contribution in [2.75, 3.05) is 11.4 Å². The lowest BCUT2D eigenvalue weighted by atomic mass is 10.1. The molecule has 0 radical (unpaired) electrons. The van der Waals surface area contributed by atoms with E-state index >= 15 is 0 Å². The van der Waals surface area contributed by atoms with Crippen molar-refractivity contribution < 1.29 is 9.59 Å². The van der Waals surface area contributed by atoms with Crippen molar-refractivity contribution in [3.05, 3.63) is 5.01 Å². The van der Waals surface area contributed by atoms with Crippen LogP contribution in [0.1, 0.15) is 50.0 Å². The van der Waals surface area contributed by atoms with Crippen LogP contribution in [0.15, 0.2) is 0 Å². The molecule has 2 aliphatic rings. The molecule has 0 spiro atoms. The highest BCUT2D eigenvalue weighted by atomic mass is 32.2. The molecule has 7 heteroatoms. The van der Waals surface area contributed by atoms with E-state index in [4.69, 9.17) is 0 Å². The van der Waals surface area contributed by atoms with Gasteiger partial charge >= 0.3 is 0 Å². The Labute approximate surface area is 126 Å². The van der Waals surface area contributed by atoms with Gasteiger partial charge in [0.05, 0.1) is 0 Å². The van der Waals surface area contributed by atoms with Crippen molar-refractivity contribution in [1.82, 2.24) is 10.2 Å². The Balaban J connectivity index is 1.69. The van der Waals surface area contributed by atoms with E-state index in [1.807, 2.05) is 0 Å². The first-order chi connectivity index (χ1) is 9.63. The molecule has 20 heavy (non-hydrogen) atoms. The molecule has 3 rings (SSSR count). The zero-order valence-electron chi connectivity index (χ0n) is 11.4. The van der Waals surface area contributed by atoms with Crippen molar-refractivity contribution >= 4 is 39.3 Å². The van der Waals surface area contributed by atoms with Gasteiger partial charge in [-0.2, -0.15) is 0 Å². The summed E-state index contributed by atoms with van der Waals surface area (Å²) >= 11 is 2.79. The smallest absolute Gasteiger partial charge is 0.230 e. The van der Waals surface area contributed by atoms with Crippen molar-refractivity contribution in [3.63, 3.8) is 0 Å². The summed E-state index contributed by atoms with van der Waals surface area (Å²) in [5.41, 5.74) is 0. The topological polar surface area (TPSA) is 63.2 Å². The Morgan fingerprint density at radius 2 is 2.10 bits per heavy atom. The molecule has 2 fully saturated rings. The minimum Gasteiger partial charge on any atom is -0.288 e. The number of carbonyl (C=O) groups excluding carboxylic acids is 2. The molecule has 2 heterocycles. The molecule has 0 bridgehead atoms. The Morgan fingerprint density at radius 1 is 1.35 bits per heavy atom. The van der Waals surface area contributed by atoms with Gasteiger partial charge < -0.3 is 0 Å². The average molecular weight is 311 g/mol. The fourth-order valence-electron chi connectivity index (χ4n) is 2.85. The average Bonchev–Trinajstić information content (AvgIpc) is 3.07. The van der Waals surface area contributed by atoms with Crippen LogP contribution in [-0.4, -0.2) is 33.0 Å². The van der Waals surface area contributed by atoms with Gasteiger partial charge in [-0.3, -0.25) is 14.5 Å². The summed E-state index contributed by atoms with van der Waals surface area (Å²) in [7, 11) is 0. The monoisotopic (exact) mass is 311 g/mol. The van der Waals surface area contributed by atoms with Gasteiger partial charge in [-0.1, -0.05) is 35.9 Å². The van der Waals surface area contributed by atoms with E-state index in [1.54, 1.807) is 23.2 Å². The quantitative estimate of drug-likeness (QED) is 0.858. The van der Waals surface area contributed by atoms with E-state index in [2.05, 4.69) is 10.2 Å². The molecule has 0 aromatic carbocycles. The number of aromatic nitrogens is 2. The van der Waals surface area contributed by atoms with E-state index in [9.17, 15) is 9.59 Å². The minimum absolute atomic E-state index is 0.0536. The second-order valence-electron chi connectivity index (χ2n) is 5.34. The SMILES string of the molecule is CC(=O)SC1CC(=O)N(c2nnc(C3CCCC3)s2)C1. The lowest BCUT2D eigenvalue weighted by molar-refractivity contribution is -0.117. The van der Waals surface area contributed by atoms with E-state index < -0.39 is 0 Å². The summed E-state index contributed by atoms with van der Waals surface area (Å²) in [6, 6.07) is 0. The number of amides is 1. The summed E-state index contributed by atoms with van der Waals surface area (Å²) in [5, 5.41) is 10.3. The number of hydrogen-bond acceptors (Lipinski definition) is 6. The van der Waals surface area contributed by atoms with Crippen molar-refractivity contribution in [1.29, 1.82) is 0 Å². The van der Waals surface area contributed by atoms with Crippen molar-refractivity contribution in [3.8, 4) is 0 Å². The molecule has 108 valence electrons. The first-order valence-corrected chi connectivity index (χ1v) is 8.64. The maximum Gasteiger partial charge on any atom is 0.230 e. The Morgan fingerprint density at radius 3 is 2.80 bits per heavy atom. The highest BCUT2D eigenvalue weighted by Gasteiger charge is 2.34. The molecule has 1 saturated heterocycles. The van der Waals surface area contributed by atoms with Gasteiger partial charge in [0, 0.05) is 31.1 Å². The number of nitrogens with zero attached hydrogens (tertiary/aromatic N) is 3. The van der Waals surface area contributed by atoms with E-state index in [-0.39, 0.29) is 16.3 Å². The second-order valence-corrected chi connectivity index (χ2v) is 7.81. The van der Waals surface area contributed by atoms with Crippen LogP contribution in [0.2, 0.25) is 0 Å². The molecule has 1 amide bonds. The molecular formula is C13H17N3O2S2. The third-order valence-electron chi connectivity index (χ3n) is 3.79. The second kappa shape index (κ2) is 5.81. The molecule has 0 N–H and O–H groups in total. The number of rotatable bonds is 3. The third-order valence-corrected chi connectivity index (χ3v) is 5.88. The van der Waals surface area contributed by atoms with Crippen LogP contribution in [0.3, 0.4) is 0 Å². The lowest BCUT2D eigenvalue weighted by Gasteiger charge is -2.11. The summed E-state index contributed by atoms with van der Waals surface area (Å²) in [5.74, 6) is 0.583. The van der Waals surface area contributed by atoms with Crippen LogP contribution in [0, 0.1) is 0 Å². The summed E-state index contributed by atoms with van der Waals surface area (Å²) in [6.45, 7) is 2.11. The number of hydrogen-bond donors (Lipinski definition) is 0. The normalized spacial score (nSPS) is 23.8. The molecule has 1 aromatic heterocycles. The summed E-state index contributed by atoms with van der Waals surface area (Å²) in [6.07, 6.45) is 5.32. The van der Waals surface area contributed by atoms with Gasteiger partial charge in [-0.05, 0) is 12.8 Å². The van der Waals surface area contributed by atoms with E-state index in [1.165, 1.54) is 37.4 Å². The van der Waals surface area contributed by atoms with Gasteiger partial charge in [0.2, 0.25) is 11.0 Å². The van der Waals surface area contributed by atoms with Crippen LogP contribution in [0.25, 0.3) is 0 Å². The maximum absolute atomic E-state index is 12.0. The molecule has 1 aliphatic heterocycles. The molecular weight excluding hydrogens is 294 g/mol. The van der Waals surface area contributed by atoms with Crippen LogP contribution >= 0.6 is 23.1 Å². The number of carbonyl (C=O) groups is 2. The molecule has 1 atom stereocenters. The van der Waals surface area contributed by atoms with Crippen LogP contribution in [0.5, 0.6) is 0 Å². The van der Waals surface area contributed by atoms with Crippen molar-refractivity contribution in [2.24, 2.45) is 0 Å². The first-order valence-electron chi connectivity index (χ1n) is 6.94. The number of anilines is 1. The molecule has 1 saturated carbocycles. The van der Waals surface area contributed by atoms with Gasteiger partial charge in [0.25, 0.3) is 0 Å². The number of thioether (sulfide) groups is 1. The Bertz CT molecular complexity index is 525. The summed E-state index contributed by atoms with van der Waals surface area (Å²) < 4.78 is 0. The summed E-state index contributed by atoms with van der Waals surface area (Å²) in [4.78, 5) is 24.9. The van der Waals surface area contributed by atoms with Crippen LogP contribution in [-0.2, 0) is 9.59 Å². The first kappa shape index (κ1) is 14.0. The predicted octanol–water partition coefficient (Wildman–Crippen LogP) is 2.58. The predicted molar refractivity (Wildman–Crippen MR) is 80.1 cm³/mol. The fraction of sp³-hybridized carbons (Fsp3) is 0.692. The van der Waals surface area contributed by atoms with E-state index in [0.717, 1.165) is 5.01 Å². The highest BCUT2D eigenvalue weighted by molar-refractivity contribution is 8.14. The van der Waals surface area contributed by atoms with Crippen molar-refractivity contribution in [2.45, 2.75) is 50.2 Å². The lowest BCUT2D eigenvalue weighted by Crippen LogP contribution is -2.24. The van der Waals surface area contributed by atoms with E-state index in [0.29, 0.717) is 24.0 Å². The van der Waals surface area contributed by atoms with Crippen LogP contribution < -0.4 is 4.90 Å². The zero-order valence-corrected chi connectivity index (χ0v) is 13.0. The standard InChI is InChI=1S/C13H17N3O2S2/c1-8(17)19-10-6-11(18)16(7-10)13-15-14-12(20-13)9-4-2-3-5-9/h9-10H,2-7H2,1H3. The molecule has 1 unspecified atom stereocenters. The molecule has 5 nitrogen and oxygen atoms in total. The molecule has 1 aromatic rings. The fourth-order valence-corrected chi connectivity index (χ4v) is 4.80. The van der Waals surface area contributed by atoms with Gasteiger partial charge in [0.1, 0.15) is 5.01 Å². The van der Waals surface area contributed by atoms with Gasteiger partial charge in [-0.25, -0.2) is 0 Å². The van der Waals surface area contributed by atoms with Crippen LogP contribution in [0.4, 0.5) is 5.13 Å². The largest absolute Gasteiger partial charge is 0.288 e. The van der Waals surface area contributed by atoms with Gasteiger partial charge in [-0.15, -0.1) is 10.2 Å². The Kier molecular flexibility index (Phi) is 4.07. The Hall–Kier alpha value is -0.950. The highest BCUT2D eigenvalue weighted by Crippen LogP contribution is 2.38. The van der Waals surface area contributed by atoms with Gasteiger partial charge in [0.15, 0.2) is 5.12 Å².